The lowest BCUT2D eigenvalue weighted by atomic mass is 9.96. The van der Waals surface area contributed by atoms with E-state index >= 15 is 0 Å². The molecule has 0 aliphatic rings. The van der Waals surface area contributed by atoms with Crippen LogP contribution in [0.25, 0.3) is 78.0 Å². The van der Waals surface area contributed by atoms with Crippen LogP contribution in [0.5, 0.6) is 0 Å². The first kappa shape index (κ1) is 23.3. The summed E-state index contributed by atoms with van der Waals surface area (Å²) < 4.78 is 6.76. The lowest BCUT2D eigenvalue weighted by Crippen LogP contribution is -2.00. The van der Waals surface area contributed by atoms with Crippen molar-refractivity contribution in [2.24, 2.45) is 0 Å². The molecular weight excluding hydrogens is 502 g/mol. The van der Waals surface area contributed by atoms with Crippen molar-refractivity contribution in [3.8, 4) is 45.3 Å². The minimum atomic E-state index is 0.578. The van der Waals surface area contributed by atoms with Crippen molar-refractivity contribution in [2.75, 3.05) is 0 Å². The Kier molecular flexibility index (Phi) is 5.42. The molecule has 4 heteroatoms. The van der Waals surface area contributed by atoms with Crippen LogP contribution in [-0.2, 0) is 0 Å². The molecule has 0 fully saturated rings. The van der Waals surface area contributed by atoms with Crippen LogP contribution >= 0.6 is 0 Å². The number of hydrogen-bond acceptors (Lipinski definition) is 4. The number of benzene rings is 6. The fourth-order valence-corrected chi connectivity index (χ4v) is 5.60. The quantitative estimate of drug-likeness (QED) is 0.230. The summed E-state index contributed by atoms with van der Waals surface area (Å²) in [5.74, 6) is 1.83. The van der Waals surface area contributed by atoms with E-state index in [9.17, 15) is 0 Å². The molecule has 0 radical (unpaired) electrons. The zero-order valence-corrected chi connectivity index (χ0v) is 22.0. The van der Waals surface area contributed by atoms with Gasteiger partial charge in [-0.1, -0.05) is 133 Å². The second-order valence-electron chi connectivity index (χ2n) is 10.0. The standard InChI is InChI=1S/C37H23N3O/c1-3-13-25(14-4-1)35-38-36(26-15-5-2-6-16-26)40-37(39-35)32-23-11-22-31-30-21-10-20-29(33(30)41-34(31)32)28-19-9-17-24-12-7-8-18-27(24)28/h1-23H. The molecule has 2 aromatic heterocycles. The second-order valence-corrected chi connectivity index (χ2v) is 10.0. The average molecular weight is 526 g/mol. The highest BCUT2D eigenvalue weighted by molar-refractivity contribution is 6.14. The number of hydrogen-bond donors (Lipinski definition) is 0. The van der Waals surface area contributed by atoms with E-state index in [0.29, 0.717) is 17.5 Å². The van der Waals surface area contributed by atoms with Crippen molar-refractivity contribution in [3.05, 3.63) is 140 Å². The van der Waals surface area contributed by atoms with Gasteiger partial charge in [0.15, 0.2) is 17.5 Å². The Balaban J connectivity index is 1.38. The molecule has 0 bridgehead atoms. The topological polar surface area (TPSA) is 51.8 Å². The zero-order chi connectivity index (χ0) is 27.2. The number of aromatic nitrogens is 3. The number of furan rings is 1. The summed E-state index contributed by atoms with van der Waals surface area (Å²) in [7, 11) is 0. The summed E-state index contributed by atoms with van der Waals surface area (Å²) in [6.45, 7) is 0. The molecule has 0 spiro atoms. The normalized spacial score (nSPS) is 11.4. The largest absolute Gasteiger partial charge is 0.455 e. The van der Waals surface area contributed by atoms with Gasteiger partial charge in [-0.3, -0.25) is 0 Å². The van der Waals surface area contributed by atoms with Crippen LogP contribution in [0.2, 0.25) is 0 Å². The Morgan fingerprint density at radius 3 is 1.49 bits per heavy atom. The Morgan fingerprint density at radius 2 is 0.805 bits per heavy atom. The molecule has 192 valence electrons. The van der Waals surface area contributed by atoms with E-state index in [4.69, 9.17) is 19.4 Å². The van der Waals surface area contributed by atoms with Gasteiger partial charge in [-0.2, -0.15) is 0 Å². The highest BCUT2D eigenvalue weighted by Gasteiger charge is 2.19. The summed E-state index contributed by atoms with van der Waals surface area (Å²) in [5.41, 5.74) is 6.52. The predicted molar refractivity (Wildman–Crippen MR) is 166 cm³/mol. The molecule has 0 aliphatic heterocycles. The molecule has 41 heavy (non-hydrogen) atoms. The van der Waals surface area contributed by atoms with E-state index in [2.05, 4.69) is 66.7 Å². The SMILES string of the molecule is c1ccc(-c2nc(-c3ccccc3)nc(-c3cccc4c3oc3c(-c5cccc6ccccc56)cccc34)n2)cc1. The van der Waals surface area contributed by atoms with Crippen LogP contribution in [0.4, 0.5) is 0 Å². The number of fused-ring (bicyclic) bond motifs is 4. The van der Waals surface area contributed by atoms with Gasteiger partial charge >= 0.3 is 0 Å². The Morgan fingerprint density at radius 1 is 0.341 bits per heavy atom. The third kappa shape index (κ3) is 3.97. The smallest absolute Gasteiger partial charge is 0.167 e. The molecule has 0 saturated heterocycles. The summed E-state index contributed by atoms with van der Waals surface area (Å²) >= 11 is 0. The number of rotatable bonds is 4. The molecule has 8 rings (SSSR count). The van der Waals surface area contributed by atoms with Gasteiger partial charge in [0.1, 0.15) is 11.2 Å². The van der Waals surface area contributed by atoms with E-state index in [1.807, 2.05) is 72.8 Å². The maximum atomic E-state index is 6.76. The molecule has 2 heterocycles. The molecule has 0 atom stereocenters. The van der Waals surface area contributed by atoms with Gasteiger partial charge in [-0.05, 0) is 22.4 Å². The van der Waals surface area contributed by atoms with E-state index < -0.39 is 0 Å². The second kappa shape index (κ2) is 9.54. The van der Waals surface area contributed by atoms with Crippen LogP contribution in [0, 0.1) is 0 Å². The van der Waals surface area contributed by atoms with Gasteiger partial charge in [-0.15, -0.1) is 0 Å². The van der Waals surface area contributed by atoms with E-state index in [1.165, 1.54) is 10.8 Å². The van der Waals surface area contributed by atoms with Crippen LogP contribution < -0.4 is 0 Å². The maximum absolute atomic E-state index is 6.76. The molecule has 4 nitrogen and oxygen atoms in total. The van der Waals surface area contributed by atoms with Crippen LogP contribution in [0.3, 0.4) is 0 Å². The molecule has 0 amide bonds. The Bertz CT molecular complexity index is 2140. The minimum Gasteiger partial charge on any atom is -0.455 e. The van der Waals surface area contributed by atoms with Crippen LogP contribution in [0.1, 0.15) is 0 Å². The van der Waals surface area contributed by atoms with Gasteiger partial charge in [-0.25, -0.2) is 15.0 Å². The summed E-state index contributed by atoms with van der Waals surface area (Å²) in [4.78, 5) is 14.8. The molecule has 0 unspecified atom stereocenters. The van der Waals surface area contributed by atoms with Crippen molar-refractivity contribution in [1.82, 2.24) is 15.0 Å². The molecule has 0 aliphatic carbocycles. The third-order valence-corrected chi connectivity index (χ3v) is 7.54. The van der Waals surface area contributed by atoms with Crippen LogP contribution in [-0.4, -0.2) is 15.0 Å². The summed E-state index contributed by atoms with van der Waals surface area (Å²) in [6.07, 6.45) is 0. The highest BCUT2D eigenvalue weighted by Crippen LogP contribution is 2.41. The fraction of sp³-hybridized carbons (Fsp3) is 0. The summed E-state index contributed by atoms with van der Waals surface area (Å²) in [5, 5.41) is 4.49. The first-order chi connectivity index (χ1) is 20.3. The first-order valence-electron chi connectivity index (χ1n) is 13.6. The van der Waals surface area contributed by atoms with Gasteiger partial charge in [0.25, 0.3) is 0 Å². The zero-order valence-electron chi connectivity index (χ0n) is 22.0. The van der Waals surface area contributed by atoms with E-state index in [0.717, 1.165) is 49.8 Å². The van der Waals surface area contributed by atoms with Crippen molar-refractivity contribution >= 4 is 32.7 Å². The number of para-hydroxylation sites is 2. The van der Waals surface area contributed by atoms with Crippen molar-refractivity contribution in [1.29, 1.82) is 0 Å². The Labute approximate surface area is 236 Å². The average Bonchev–Trinajstić information content (AvgIpc) is 3.44. The minimum absolute atomic E-state index is 0.578. The maximum Gasteiger partial charge on any atom is 0.167 e. The van der Waals surface area contributed by atoms with Crippen molar-refractivity contribution in [2.45, 2.75) is 0 Å². The fourth-order valence-electron chi connectivity index (χ4n) is 5.60. The monoisotopic (exact) mass is 525 g/mol. The molecular formula is C37H23N3O. The van der Waals surface area contributed by atoms with Gasteiger partial charge in [0.05, 0.1) is 5.56 Å². The van der Waals surface area contributed by atoms with Gasteiger partial charge in [0, 0.05) is 27.5 Å². The number of nitrogens with zero attached hydrogens (tertiary/aromatic N) is 3. The summed E-state index contributed by atoms with van der Waals surface area (Å²) in [6, 6.07) is 47.5. The lowest BCUT2D eigenvalue weighted by molar-refractivity contribution is 0.670. The highest BCUT2D eigenvalue weighted by atomic mass is 16.3. The molecule has 0 N–H and O–H groups in total. The van der Waals surface area contributed by atoms with E-state index in [1.54, 1.807) is 0 Å². The first-order valence-corrected chi connectivity index (χ1v) is 13.6. The van der Waals surface area contributed by atoms with Crippen LogP contribution in [0.15, 0.2) is 144 Å². The Hall–Kier alpha value is -5.61. The molecule has 0 saturated carbocycles. The predicted octanol–water partition coefficient (Wildman–Crippen LogP) is 9.59. The van der Waals surface area contributed by atoms with E-state index in [-0.39, 0.29) is 0 Å². The van der Waals surface area contributed by atoms with Crippen molar-refractivity contribution < 1.29 is 4.42 Å². The third-order valence-electron chi connectivity index (χ3n) is 7.54. The van der Waals surface area contributed by atoms with Gasteiger partial charge < -0.3 is 4.42 Å². The van der Waals surface area contributed by atoms with Gasteiger partial charge in [0.2, 0.25) is 0 Å². The lowest BCUT2D eigenvalue weighted by Gasteiger charge is -2.08. The molecule has 6 aromatic carbocycles. The molecule has 8 aromatic rings. The van der Waals surface area contributed by atoms with Crippen molar-refractivity contribution in [3.63, 3.8) is 0 Å².